The average Bonchev–Trinajstić information content (AvgIpc) is 2.67. The fraction of sp³-hybridized carbons (Fsp3) is 0.500. The van der Waals surface area contributed by atoms with E-state index in [-0.39, 0.29) is 0 Å². The Labute approximate surface area is 79.4 Å². The third-order valence-electron chi connectivity index (χ3n) is 3.10. The van der Waals surface area contributed by atoms with Crippen LogP contribution in [-0.2, 0) is 0 Å². The number of quaternary nitrogens is 1. The maximum Gasteiger partial charge on any atom is 0.318 e. The molecule has 1 heterocycles. The maximum absolute atomic E-state index is 8.95. The van der Waals surface area contributed by atoms with E-state index in [0.717, 1.165) is 6.54 Å². The Morgan fingerprint density at radius 3 is 3.00 bits per heavy atom. The Bertz CT molecular complexity index is 299. The molecule has 2 rings (SSSR count). The van der Waals surface area contributed by atoms with Gasteiger partial charge in [0.15, 0.2) is 0 Å². The first kappa shape index (κ1) is 8.59. The summed E-state index contributed by atoms with van der Waals surface area (Å²) >= 11 is 0. The number of rotatable bonds is 1. The highest BCUT2D eigenvalue weighted by Gasteiger charge is 2.20. The van der Waals surface area contributed by atoms with Gasteiger partial charge in [-0.2, -0.15) is 0 Å². The van der Waals surface area contributed by atoms with Crippen molar-refractivity contribution in [2.24, 2.45) is 0 Å². The lowest BCUT2D eigenvalue weighted by Gasteiger charge is -2.17. The first-order chi connectivity index (χ1) is 6.42. The van der Waals surface area contributed by atoms with Crippen molar-refractivity contribution in [3.63, 3.8) is 0 Å². The third kappa shape index (κ3) is 1.68. The summed E-state index contributed by atoms with van der Waals surface area (Å²) in [6, 6.07) is 0. The van der Waals surface area contributed by atoms with Crippen molar-refractivity contribution in [3.8, 4) is 5.97 Å². The average molecular weight is 174 g/mol. The molecule has 1 unspecified atom stereocenters. The number of nitrogens with two attached hydrogens (primary N) is 1. The normalized spacial score (nSPS) is 27.8. The van der Waals surface area contributed by atoms with E-state index in [0.29, 0.717) is 0 Å². The van der Waals surface area contributed by atoms with Crippen LogP contribution in [0.4, 0.5) is 0 Å². The van der Waals surface area contributed by atoms with Gasteiger partial charge in [-0.1, -0.05) is 23.7 Å². The summed E-state index contributed by atoms with van der Waals surface area (Å²) in [5, 5.41) is 11.1. The summed E-state index contributed by atoms with van der Waals surface area (Å²) in [6.07, 6.45) is 9.63. The molecule has 0 saturated carbocycles. The molecule has 0 aromatic heterocycles. The lowest BCUT2D eigenvalue weighted by Crippen LogP contribution is -2.90. The highest BCUT2D eigenvalue weighted by atomic mass is 14.8. The number of allylic oxidation sites excluding steroid dienone is 3. The summed E-state index contributed by atoms with van der Waals surface area (Å²) < 4.78 is 0. The molecule has 0 aromatic carbocycles. The molecule has 0 amide bonds. The molecule has 2 aliphatic rings. The van der Waals surface area contributed by atoms with Gasteiger partial charge in [0.05, 0.1) is 6.54 Å². The van der Waals surface area contributed by atoms with Crippen molar-refractivity contribution in [1.29, 1.82) is 5.26 Å². The number of nitrogens with zero attached hydrogens (tertiary/aromatic N) is 1. The van der Waals surface area contributed by atoms with Crippen LogP contribution < -0.4 is 5.23 Å². The van der Waals surface area contributed by atoms with Crippen LogP contribution in [0.25, 0.3) is 0 Å². The van der Waals surface area contributed by atoms with E-state index >= 15 is 0 Å². The van der Waals surface area contributed by atoms with E-state index in [4.69, 9.17) is 5.26 Å². The second-order valence-corrected chi connectivity index (χ2v) is 3.97. The van der Waals surface area contributed by atoms with Gasteiger partial charge in [0.2, 0.25) is 0 Å². The summed E-state index contributed by atoms with van der Waals surface area (Å²) in [5.74, 6) is 2.43. The van der Waals surface area contributed by atoms with Gasteiger partial charge in [0.25, 0.3) is 0 Å². The Morgan fingerprint density at radius 1 is 1.38 bits per heavy atom. The Kier molecular flexibility index (Phi) is 2.51. The van der Waals surface area contributed by atoms with Crippen LogP contribution in [0.15, 0.2) is 23.2 Å². The minimum atomic E-state index is -0.736. The van der Waals surface area contributed by atoms with Crippen LogP contribution in [0.5, 0.6) is 0 Å². The molecule has 0 fully saturated rings. The SMILES string of the molecule is N#C[BH-]1[NH2+]CC=C1C1=CCCCC1. The molecule has 0 saturated heterocycles. The molecule has 1 aliphatic carbocycles. The molecule has 13 heavy (non-hydrogen) atoms. The smallest absolute Gasteiger partial charge is 0.318 e. The largest absolute Gasteiger partial charge is 0.520 e. The highest BCUT2D eigenvalue weighted by Crippen LogP contribution is 2.24. The second-order valence-electron chi connectivity index (χ2n) is 3.97. The van der Waals surface area contributed by atoms with E-state index in [1.807, 2.05) is 0 Å². The number of hydrogen-bond acceptors (Lipinski definition) is 1. The third-order valence-corrected chi connectivity index (χ3v) is 3.10. The van der Waals surface area contributed by atoms with Crippen LogP contribution >= 0.6 is 0 Å². The minimum absolute atomic E-state index is 0.736. The predicted molar refractivity (Wildman–Crippen MR) is 54.2 cm³/mol. The number of nitriles is 1. The van der Waals surface area contributed by atoms with Crippen LogP contribution in [0.1, 0.15) is 25.7 Å². The monoisotopic (exact) mass is 174 g/mol. The van der Waals surface area contributed by atoms with E-state index < -0.39 is 6.85 Å². The van der Waals surface area contributed by atoms with Gasteiger partial charge in [-0.25, -0.2) is 5.26 Å². The molecule has 68 valence electrons. The van der Waals surface area contributed by atoms with Crippen molar-refractivity contribution >= 4 is 6.85 Å². The Balaban J connectivity index is 2.16. The minimum Gasteiger partial charge on any atom is -0.520 e. The molecule has 2 N–H and O–H groups in total. The van der Waals surface area contributed by atoms with Gasteiger partial charge in [-0.3, -0.25) is 0 Å². The fourth-order valence-corrected chi connectivity index (χ4v) is 2.36. The van der Waals surface area contributed by atoms with Crippen LogP contribution in [0.3, 0.4) is 0 Å². The van der Waals surface area contributed by atoms with E-state index in [1.54, 1.807) is 0 Å². The zero-order valence-corrected chi connectivity index (χ0v) is 7.92. The van der Waals surface area contributed by atoms with Crippen molar-refractivity contribution < 1.29 is 5.23 Å². The molecule has 0 radical (unpaired) electrons. The van der Waals surface area contributed by atoms with Crippen molar-refractivity contribution in [1.82, 2.24) is 0 Å². The molecule has 0 bridgehead atoms. The lowest BCUT2D eigenvalue weighted by molar-refractivity contribution is -0.502. The lowest BCUT2D eigenvalue weighted by atomic mass is 9.56. The van der Waals surface area contributed by atoms with Gasteiger partial charge in [0.1, 0.15) is 0 Å². The van der Waals surface area contributed by atoms with Crippen LogP contribution in [-0.4, -0.2) is 13.4 Å². The fourth-order valence-electron chi connectivity index (χ4n) is 2.36. The molecule has 3 heteroatoms. The Hall–Kier alpha value is -1.01. The molecule has 2 nitrogen and oxygen atoms in total. The maximum atomic E-state index is 8.95. The quantitative estimate of drug-likeness (QED) is 0.571. The van der Waals surface area contributed by atoms with Crippen LogP contribution in [0.2, 0.25) is 0 Å². The summed E-state index contributed by atoms with van der Waals surface area (Å²) in [6.45, 7) is 0.279. The molecule has 1 atom stereocenters. The molecule has 0 spiro atoms. The second kappa shape index (κ2) is 3.80. The Morgan fingerprint density at radius 2 is 2.31 bits per heavy atom. The molecule has 1 aliphatic heterocycles. The summed E-state index contributed by atoms with van der Waals surface area (Å²) in [7, 11) is 0. The van der Waals surface area contributed by atoms with Crippen molar-refractivity contribution in [3.05, 3.63) is 23.2 Å². The van der Waals surface area contributed by atoms with Crippen LogP contribution in [0, 0.1) is 11.2 Å². The van der Waals surface area contributed by atoms with E-state index in [1.165, 1.54) is 36.7 Å². The topological polar surface area (TPSA) is 40.4 Å². The zero-order chi connectivity index (χ0) is 9.10. The van der Waals surface area contributed by atoms with E-state index in [9.17, 15) is 0 Å². The first-order valence-corrected chi connectivity index (χ1v) is 5.24. The van der Waals surface area contributed by atoms with Gasteiger partial charge in [-0.05, 0) is 25.7 Å². The standard InChI is InChI=1S/C10H15BN2/c12-8-11-10(6-7-13-11)9-4-2-1-3-5-9/h4,6,11H,1-3,5,7,13H2. The molecular weight excluding hydrogens is 159 g/mol. The van der Waals surface area contributed by atoms with E-state index in [2.05, 4.69) is 23.3 Å². The summed E-state index contributed by atoms with van der Waals surface area (Å²) in [5.41, 5.74) is 2.85. The van der Waals surface area contributed by atoms with Crippen molar-refractivity contribution in [2.45, 2.75) is 25.7 Å². The predicted octanol–water partition coefficient (Wildman–Crippen LogP) is 0.316. The van der Waals surface area contributed by atoms with Gasteiger partial charge in [0, 0.05) is 0 Å². The highest BCUT2D eigenvalue weighted by molar-refractivity contribution is 6.67. The van der Waals surface area contributed by atoms with Crippen molar-refractivity contribution in [2.75, 3.05) is 6.54 Å². The summed E-state index contributed by atoms with van der Waals surface area (Å²) in [4.78, 5) is 0. The zero-order valence-electron chi connectivity index (χ0n) is 7.92. The first-order valence-electron chi connectivity index (χ1n) is 5.24. The molecule has 0 aromatic rings. The number of hydrogen-bond donors (Lipinski definition) is 1. The molecular formula is C10H15BN2. The van der Waals surface area contributed by atoms with Gasteiger partial charge in [-0.15, -0.1) is 5.47 Å². The van der Waals surface area contributed by atoms with Gasteiger partial charge < -0.3 is 5.23 Å². The van der Waals surface area contributed by atoms with Gasteiger partial charge >= 0.3 is 6.85 Å².